The van der Waals surface area contributed by atoms with Crippen molar-refractivity contribution in [1.29, 1.82) is 0 Å². The zero-order valence-electron chi connectivity index (χ0n) is 14.3. The first-order valence-electron chi connectivity index (χ1n) is 8.49. The van der Waals surface area contributed by atoms with Crippen LogP contribution in [0.4, 0.5) is 0 Å². The molecule has 1 N–H and O–H groups in total. The van der Waals surface area contributed by atoms with Crippen molar-refractivity contribution in [1.82, 2.24) is 24.6 Å². The number of rotatable bonds is 3. The SMILES string of the molecule is Cc1[nH]ncc1-c1cc2nc3n(c(=O)c2s1)CN(Cc1ccccc1)C3. The summed E-state index contributed by atoms with van der Waals surface area (Å²) in [6.07, 6.45) is 1.80. The fraction of sp³-hybridized carbons (Fsp3) is 0.211. The van der Waals surface area contributed by atoms with E-state index in [9.17, 15) is 4.79 Å². The Morgan fingerprint density at radius 3 is 2.88 bits per heavy atom. The molecule has 130 valence electrons. The minimum Gasteiger partial charge on any atom is -0.282 e. The van der Waals surface area contributed by atoms with E-state index in [0.717, 1.165) is 34.0 Å². The smallest absolute Gasteiger partial charge is 0.272 e. The van der Waals surface area contributed by atoms with E-state index >= 15 is 0 Å². The Morgan fingerprint density at radius 1 is 1.27 bits per heavy atom. The highest BCUT2D eigenvalue weighted by Gasteiger charge is 2.24. The second kappa shape index (κ2) is 5.89. The number of aromatic nitrogens is 4. The fourth-order valence-electron chi connectivity index (χ4n) is 3.45. The summed E-state index contributed by atoms with van der Waals surface area (Å²) in [5, 5.41) is 7.02. The lowest BCUT2D eigenvalue weighted by molar-refractivity contribution is 0.246. The van der Waals surface area contributed by atoms with Crippen LogP contribution in [0.15, 0.2) is 47.4 Å². The van der Waals surface area contributed by atoms with Gasteiger partial charge in [0.05, 0.1) is 24.9 Å². The third-order valence-corrected chi connectivity index (χ3v) is 5.91. The van der Waals surface area contributed by atoms with Gasteiger partial charge in [-0.05, 0) is 18.6 Å². The molecule has 0 saturated carbocycles. The van der Waals surface area contributed by atoms with Crippen LogP contribution in [-0.2, 0) is 19.8 Å². The summed E-state index contributed by atoms with van der Waals surface area (Å²) in [6.45, 7) is 4.07. The zero-order chi connectivity index (χ0) is 17.7. The van der Waals surface area contributed by atoms with Crippen LogP contribution in [0.3, 0.4) is 0 Å². The van der Waals surface area contributed by atoms with E-state index in [1.807, 2.05) is 31.2 Å². The lowest BCUT2D eigenvalue weighted by Gasteiger charge is -2.13. The van der Waals surface area contributed by atoms with Crippen LogP contribution in [0.25, 0.3) is 20.7 Å². The van der Waals surface area contributed by atoms with Crippen molar-refractivity contribution >= 4 is 21.6 Å². The van der Waals surface area contributed by atoms with Crippen molar-refractivity contribution in [2.45, 2.75) is 26.7 Å². The molecule has 0 amide bonds. The van der Waals surface area contributed by atoms with Gasteiger partial charge in [0.25, 0.3) is 5.56 Å². The van der Waals surface area contributed by atoms with Crippen molar-refractivity contribution < 1.29 is 0 Å². The Balaban J connectivity index is 1.50. The van der Waals surface area contributed by atoms with Crippen molar-refractivity contribution in [2.24, 2.45) is 0 Å². The van der Waals surface area contributed by atoms with Gasteiger partial charge in [-0.2, -0.15) is 5.10 Å². The quantitative estimate of drug-likeness (QED) is 0.607. The van der Waals surface area contributed by atoms with Crippen LogP contribution in [0, 0.1) is 6.92 Å². The zero-order valence-corrected chi connectivity index (χ0v) is 15.1. The molecule has 26 heavy (non-hydrogen) atoms. The molecule has 0 aliphatic carbocycles. The summed E-state index contributed by atoms with van der Waals surface area (Å²) in [5.74, 6) is 0.840. The number of benzene rings is 1. The summed E-state index contributed by atoms with van der Waals surface area (Å²) in [4.78, 5) is 21.0. The predicted octanol–water partition coefficient (Wildman–Crippen LogP) is 3.13. The van der Waals surface area contributed by atoms with E-state index in [1.54, 1.807) is 10.8 Å². The van der Waals surface area contributed by atoms with Crippen molar-refractivity contribution in [3.63, 3.8) is 0 Å². The fourth-order valence-corrected chi connectivity index (χ4v) is 4.57. The van der Waals surface area contributed by atoms with Crippen LogP contribution in [0.2, 0.25) is 0 Å². The van der Waals surface area contributed by atoms with Gasteiger partial charge in [0.15, 0.2) is 0 Å². The molecule has 0 atom stereocenters. The highest BCUT2D eigenvalue weighted by molar-refractivity contribution is 7.22. The third-order valence-electron chi connectivity index (χ3n) is 4.76. The molecule has 0 saturated heterocycles. The van der Waals surface area contributed by atoms with Gasteiger partial charge in [-0.15, -0.1) is 11.3 Å². The number of thiophene rings is 1. The maximum absolute atomic E-state index is 13.0. The van der Waals surface area contributed by atoms with Crippen molar-refractivity contribution in [3.8, 4) is 10.4 Å². The first-order chi connectivity index (χ1) is 12.7. The number of aryl methyl sites for hydroxylation is 1. The topological polar surface area (TPSA) is 66.8 Å². The highest BCUT2D eigenvalue weighted by Crippen LogP contribution is 2.32. The molecule has 0 bridgehead atoms. The molecular formula is C19H17N5OS. The van der Waals surface area contributed by atoms with Crippen LogP contribution in [0.5, 0.6) is 0 Å². The molecule has 4 aromatic rings. The first-order valence-corrected chi connectivity index (χ1v) is 9.30. The Morgan fingerprint density at radius 2 is 2.12 bits per heavy atom. The van der Waals surface area contributed by atoms with Gasteiger partial charge >= 0.3 is 0 Å². The maximum atomic E-state index is 13.0. The number of nitrogens with zero attached hydrogens (tertiary/aromatic N) is 4. The standard InChI is InChI=1S/C19H17N5OS/c1-12-14(8-20-22-12)16-7-15-18(26-16)19(25)24-11-23(10-17(24)21-15)9-13-5-3-2-4-6-13/h2-8H,9-11H2,1H3,(H,20,22). The first kappa shape index (κ1) is 15.5. The van der Waals surface area contributed by atoms with E-state index in [-0.39, 0.29) is 5.56 Å². The summed E-state index contributed by atoms with van der Waals surface area (Å²) >= 11 is 1.49. The average Bonchev–Trinajstić information content (AvgIpc) is 3.34. The minimum absolute atomic E-state index is 0.0537. The lowest BCUT2D eigenvalue weighted by Crippen LogP contribution is -2.23. The average molecular weight is 363 g/mol. The van der Waals surface area contributed by atoms with Gasteiger partial charge in [0.2, 0.25) is 0 Å². The number of H-pyrrole nitrogens is 1. The molecule has 1 aromatic carbocycles. The predicted molar refractivity (Wildman–Crippen MR) is 102 cm³/mol. The van der Waals surface area contributed by atoms with E-state index in [2.05, 4.69) is 27.2 Å². The molecule has 3 aromatic heterocycles. The highest BCUT2D eigenvalue weighted by atomic mass is 32.1. The van der Waals surface area contributed by atoms with Gasteiger partial charge in [-0.25, -0.2) is 4.98 Å². The Kier molecular flexibility index (Phi) is 3.51. The van der Waals surface area contributed by atoms with Gasteiger partial charge in [-0.3, -0.25) is 19.4 Å². The number of hydrogen-bond donors (Lipinski definition) is 1. The van der Waals surface area contributed by atoms with Gasteiger partial charge < -0.3 is 0 Å². The largest absolute Gasteiger partial charge is 0.282 e. The van der Waals surface area contributed by atoms with Gasteiger partial charge in [0.1, 0.15) is 10.5 Å². The second-order valence-corrected chi connectivity index (χ2v) is 7.66. The Hall–Kier alpha value is -2.77. The molecule has 0 spiro atoms. The molecular weight excluding hydrogens is 346 g/mol. The van der Waals surface area contributed by atoms with Crippen LogP contribution >= 0.6 is 11.3 Å². The number of nitrogens with one attached hydrogen (secondary N) is 1. The maximum Gasteiger partial charge on any atom is 0.272 e. The summed E-state index contributed by atoms with van der Waals surface area (Å²) < 4.78 is 2.51. The molecule has 0 fully saturated rings. The lowest BCUT2D eigenvalue weighted by atomic mass is 10.2. The summed E-state index contributed by atoms with van der Waals surface area (Å²) in [5.41, 5.74) is 4.11. The van der Waals surface area contributed by atoms with Crippen LogP contribution in [-0.4, -0.2) is 24.6 Å². The Bertz CT molecular complexity index is 1160. The molecule has 6 nitrogen and oxygen atoms in total. The molecule has 1 aliphatic rings. The normalized spacial score (nSPS) is 14.2. The molecule has 5 rings (SSSR count). The van der Waals surface area contributed by atoms with E-state index in [4.69, 9.17) is 4.98 Å². The molecule has 1 aliphatic heterocycles. The third kappa shape index (κ3) is 2.48. The van der Waals surface area contributed by atoms with Crippen molar-refractivity contribution in [2.75, 3.05) is 0 Å². The monoisotopic (exact) mass is 363 g/mol. The number of hydrogen-bond acceptors (Lipinski definition) is 5. The van der Waals surface area contributed by atoms with Crippen LogP contribution in [0.1, 0.15) is 17.1 Å². The van der Waals surface area contributed by atoms with Gasteiger partial charge in [-0.1, -0.05) is 30.3 Å². The summed E-state index contributed by atoms with van der Waals surface area (Å²) in [7, 11) is 0. The van der Waals surface area contributed by atoms with E-state index in [0.29, 0.717) is 17.9 Å². The van der Waals surface area contributed by atoms with E-state index in [1.165, 1.54) is 16.9 Å². The number of aromatic amines is 1. The molecule has 4 heterocycles. The number of fused-ring (bicyclic) bond motifs is 2. The Labute approximate surface area is 153 Å². The van der Waals surface area contributed by atoms with Crippen LogP contribution < -0.4 is 5.56 Å². The molecule has 0 radical (unpaired) electrons. The van der Waals surface area contributed by atoms with Gasteiger partial charge in [0, 0.05) is 22.7 Å². The second-order valence-electron chi connectivity index (χ2n) is 6.61. The minimum atomic E-state index is 0.0537. The molecule has 7 heteroatoms. The van der Waals surface area contributed by atoms with Crippen molar-refractivity contribution in [3.05, 3.63) is 70.0 Å². The molecule has 0 unspecified atom stereocenters. The van der Waals surface area contributed by atoms with E-state index < -0.39 is 0 Å². The summed E-state index contributed by atoms with van der Waals surface area (Å²) in [6, 6.07) is 12.3.